The number of piperidine rings is 1. The molecule has 3 amide bonds. The molecule has 0 spiro atoms. The number of hydrogen-bond donors (Lipinski definition) is 3. The summed E-state index contributed by atoms with van der Waals surface area (Å²) >= 11 is 0. The van der Waals surface area contributed by atoms with Gasteiger partial charge >= 0.3 is 12.2 Å². The molecule has 4 aromatic rings. The van der Waals surface area contributed by atoms with E-state index in [0.717, 1.165) is 28.5 Å². The summed E-state index contributed by atoms with van der Waals surface area (Å²) in [6.07, 6.45) is 4.54. The van der Waals surface area contributed by atoms with Crippen LogP contribution in [0.5, 0.6) is 0 Å². The number of aromatic nitrogens is 2. The van der Waals surface area contributed by atoms with Crippen LogP contribution in [0.15, 0.2) is 79.1 Å². The zero-order chi connectivity index (χ0) is 42.5. The lowest BCUT2D eigenvalue weighted by molar-refractivity contribution is 0.0336. The quantitative estimate of drug-likeness (QED) is 0.132. The van der Waals surface area contributed by atoms with Gasteiger partial charge in [-0.25, -0.2) is 14.6 Å². The van der Waals surface area contributed by atoms with E-state index in [4.69, 9.17) is 23.6 Å². The Morgan fingerprint density at radius 3 is 2.39 bits per heavy atom. The number of benzene rings is 2. The van der Waals surface area contributed by atoms with Crippen LogP contribution in [-0.4, -0.2) is 80.4 Å². The number of fused-ring (bicyclic) bond motifs is 1. The molecule has 4 heterocycles. The molecule has 0 bridgehead atoms. The molecule has 3 N–H and O–H groups in total. The van der Waals surface area contributed by atoms with Crippen LogP contribution in [0.4, 0.5) is 26.7 Å². The second-order valence-electron chi connectivity index (χ2n) is 17.9. The highest BCUT2D eigenvalue weighted by Gasteiger charge is 2.45. The van der Waals surface area contributed by atoms with E-state index in [1.165, 1.54) is 0 Å². The lowest BCUT2D eigenvalue weighted by atomic mass is 9.92. The largest absolute Gasteiger partial charge is 0.444 e. The first kappa shape index (κ1) is 43.3. The van der Waals surface area contributed by atoms with E-state index < -0.39 is 38.1 Å². The Labute approximate surface area is 348 Å². The number of pyridine rings is 2. The Hall–Kier alpha value is -5.31. The molecule has 2 aliphatic heterocycles. The van der Waals surface area contributed by atoms with Gasteiger partial charge in [-0.3, -0.25) is 15.1 Å². The number of nitrogens with zero attached hydrogens (tertiary/aromatic N) is 3. The molecule has 1 fully saturated rings. The topological polar surface area (TPSA) is 153 Å². The monoisotopic (exact) mass is 822 g/mol. The molecule has 13 nitrogen and oxygen atoms in total. The zero-order valence-corrected chi connectivity index (χ0v) is 36.7. The molecule has 59 heavy (non-hydrogen) atoms. The molecule has 3 atom stereocenters. The molecule has 0 unspecified atom stereocenters. The van der Waals surface area contributed by atoms with Gasteiger partial charge in [-0.15, -0.1) is 0 Å². The lowest BCUT2D eigenvalue weighted by Gasteiger charge is -2.48. The Morgan fingerprint density at radius 2 is 1.69 bits per heavy atom. The van der Waals surface area contributed by atoms with E-state index in [-0.39, 0.29) is 35.0 Å². The van der Waals surface area contributed by atoms with Crippen molar-refractivity contribution < 1.29 is 33.0 Å². The Bertz CT molecular complexity index is 2180. The van der Waals surface area contributed by atoms with E-state index in [0.29, 0.717) is 43.2 Å². The molecule has 6 rings (SSSR count). The van der Waals surface area contributed by atoms with Crippen molar-refractivity contribution in [2.45, 2.75) is 97.4 Å². The van der Waals surface area contributed by atoms with Crippen LogP contribution in [0.25, 0.3) is 16.5 Å². The molecular weight excluding hydrogens is 765 g/mol. The van der Waals surface area contributed by atoms with Crippen molar-refractivity contribution in [2.24, 2.45) is 5.92 Å². The fraction of sp³-hybridized carbons (Fsp3) is 0.444. The van der Waals surface area contributed by atoms with Crippen molar-refractivity contribution in [1.82, 2.24) is 15.3 Å². The number of anilines is 3. The number of hydrogen-bond acceptors (Lipinski definition) is 10. The second-order valence-corrected chi connectivity index (χ2v) is 22.6. The van der Waals surface area contributed by atoms with Crippen molar-refractivity contribution in [3.8, 4) is 0 Å². The summed E-state index contributed by atoms with van der Waals surface area (Å²) in [6.45, 7) is 20.8. The molecule has 314 valence electrons. The maximum absolute atomic E-state index is 14.4. The Kier molecular flexibility index (Phi) is 13.1. The highest BCUT2D eigenvalue weighted by molar-refractivity contribution is 6.74. The number of amides is 3. The van der Waals surface area contributed by atoms with Crippen molar-refractivity contribution in [2.75, 3.05) is 41.8 Å². The van der Waals surface area contributed by atoms with Gasteiger partial charge in [-0.05, 0) is 80.2 Å². The Balaban J connectivity index is 1.30. The van der Waals surface area contributed by atoms with Crippen molar-refractivity contribution in [3.63, 3.8) is 0 Å². The minimum absolute atomic E-state index is 0.00128. The fourth-order valence-electron chi connectivity index (χ4n) is 7.00. The number of ether oxygens (including phenoxy) is 3. The number of carbonyl (C=O) groups is 3. The Morgan fingerprint density at radius 1 is 0.932 bits per heavy atom. The fourth-order valence-corrected chi connectivity index (χ4v) is 8.43. The molecule has 14 heteroatoms. The van der Waals surface area contributed by atoms with Crippen molar-refractivity contribution in [1.29, 1.82) is 0 Å². The molecule has 1 saturated heterocycles. The van der Waals surface area contributed by atoms with Crippen molar-refractivity contribution >= 4 is 59.9 Å². The molecule has 0 radical (unpaired) electrons. The standard InChI is InChI=1S/C45H58N6O7Si/c1-29-26-51(27-37(50-43(54)57-44(2,3)4)40(29)58-59(8,9)45(5,6)7)38-17-20-46-25-36(38)48-41(52)39-35(49-42(53)56-28-30-13-11-10-12-14-30)24-33-16-15-32(23-34(33)47-39)31-18-21-55-22-19-31/h10-18,20,23-25,29,37,40H,19,21-22,26-28H2,1-9H3,(H,48,52)(H,49,53)(H,50,54)/t29-,37+,40+/m0/s1. The van der Waals surface area contributed by atoms with Crippen LogP contribution in [0, 0.1) is 5.92 Å². The highest BCUT2D eigenvalue weighted by Crippen LogP contribution is 2.40. The minimum Gasteiger partial charge on any atom is -0.444 e. The summed E-state index contributed by atoms with van der Waals surface area (Å²) in [4.78, 5) is 52.2. The number of nitrogens with one attached hydrogen (secondary N) is 3. The van der Waals surface area contributed by atoms with Crippen LogP contribution in [0.1, 0.15) is 76.5 Å². The van der Waals surface area contributed by atoms with E-state index >= 15 is 0 Å². The van der Waals surface area contributed by atoms with Crippen molar-refractivity contribution in [3.05, 3.63) is 96.0 Å². The van der Waals surface area contributed by atoms with E-state index in [2.05, 4.69) is 72.7 Å². The molecule has 2 aromatic carbocycles. The summed E-state index contributed by atoms with van der Waals surface area (Å²) in [6, 6.07) is 18.4. The molecular formula is C45H58N6O7Si. The van der Waals surface area contributed by atoms with Crippen LogP contribution in [0.2, 0.25) is 18.1 Å². The van der Waals surface area contributed by atoms with Crippen LogP contribution in [0.3, 0.4) is 0 Å². The van der Waals surface area contributed by atoms with E-state index in [9.17, 15) is 14.4 Å². The maximum atomic E-state index is 14.4. The first-order chi connectivity index (χ1) is 27.9. The number of alkyl carbamates (subject to hydrolysis) is 1. The summed E-state index contributed by atoms with van der Waals surface area (Å²) < 4.78 is 23.8. The lowest BCUT2D eigenvalue weighted by Crippen LogP contribution is -2.63. The molecule has 0 saturated carbocycles. The van der Waals surface area contributed by atoms with Crippen LogP contribution in [-0.2, 0) is 25.2 Å². The van der Waals surface area contributed by atoms with Gasteiger partial charge in [0.2, 0.25) is 0 Å². The SMILES string of the molecule is C[C@H]1CN(c2ccncc2NC(=O)c2nc3cc(C4=CCOCC4)ccc3cc2NC(=O)OCc2ccccc2)C[C@@H](NC(=O)OC(C)(C)C)[C@@H]1O[Si](C)(C)C(C)(C)C. The second kappa shape index (κ2) is 17.9. The third-order valence-corrected chi connectivity index (χ3v) is 15.5. The average Bonchev–Trinajstić information content (AvgIpc) is 3.17. The van der Waals surface area contributed by atoms with Gasteiger partial charge in [-0.1, -0.05) is 76.2 Å². The predicted molar refractivity (Wildman–Crippen MR) is 234 cm³/mol. The molecule has 2 aliphatic rings. The van der Waals surface area contributed by atoms with Gasteiger partial charge in [0, 0.05) is 30.6 Å². The van der Waals surface area contributed by atoms with Gasteiger partial charge in [0.25, 0.3) is 5.91 Å². The minimum atomic E-state index is -2.25. The van der Waals surface area contributed by atoms with Gasteiger partial charge in [-0.2, -0.15) is 0 Å². The maximum Gasteiger partial charge on any atom is 0.412 e. The number of rotatable bonds is 10. The predicted octanol–water partition coefficient (Wildman–Crippen LogP) is 9.17. The number of carbonyl (C=O) groups excluding carboxylic acids is 3. The third-order valence-electron chi connectivity index (χ3n) is 11.0. The van der Waals surface area contributed by atoms with Gasteiger partial charge < -0.3 is 34.2 Å². The molecule has 2 aromatic heterocycles. The molecule has 0 aliphatic carbocycles. The first-order valence-electron chi connectivity index (χ1n) is 20.2. The average molecular weight is 823 g/mol. The highest BCUT2D eigenvalue weighted by atomic mass is 28.4. The van der Waals surface area contributed by atoms with Gasteiger partial charge in [0.15, 0.2) is 14.0 Å². The third kappa shape index (κ3) is 11.0. The summed E-state index contributed by atoms with van der Waals surface area (Å²) in [5.74, 6) is -0.572. The summed E-state index contributed by atoms with van der Waals surface area (Å²) in [5.41, 5.74) is 4.18. The van der Waals surface area contributed by atoms with Gasteiger partial charge in [0.1, 0.15) is 12.2 Å². The summed E-state index contributed by atoms with van der Waals surface area (Å²) in [7, 11) is -2.25. The normalized spacial score (nSPS) is 18.8. The van der Waals surface area contributed by atoms with Gasteiger partial charge in [0.05, 0.1) is 54.1 Å². The van der Waals surface area contributed by atoms with Crippen LogP contribution < -0.4 is 20.9 Å². The first-order valence-corrected chi connectivity index (χ1v) is 23.1. The van der Waals surface area contributed by atoms with Crippen LogP contribution >= 0.6 is 0 Å². The zero-order valence-electron chi connectivity index (χ0n) is 35.7. The van der Waals surface area contributed by atoms with E-state index in [1.807, 2.05) is 75.4 Å². The van der Waals surface area contributed by atoms with E-state index in [1.54, 1.807) is 18.5 Å². The smallest absolute Gasteiger partial charge is 0.412 e. The summed E-state index contributed by atoms with van der Waals surface area (Å²) in [5, 5.41) is 9.64.